The van der Waals surface area contributed by atoms with Crippen LogP contribution >= 0.6 is 12.4 Å². The summed E-state index contributed by atoms with van der Waals surface area (Å²) in [5, 5.41) is 5.25. The Kier molecular flexibility index (Phi) is 6.72. The molecule has 3 nitrogen and oxygen atoms in total. The van der Waals surface area contributed by atoms with E-state index >= 15 is 0 Å². The Morgan fingerprint density at radius 2 is 1.78 bits per heavy atom. The van der Waals surface area contributed by atoms with Gasteiger partial charge >= 0.3 is 6.18 Å². The number of likely N-dealkylation sites (N-methyl/N-ethyl adjacent to an activating group) is 1. The standard InChI is InChI=1S/C11H13F3N2O.ClH/c1-15-7-10(17)16-6-8-2-4-9(5-3-8)11(12,13)14;/h2-5,15H,6-7H2,1H3,(H,16,17);1H. The van der Waals surface area contributed by atoms with Crippen LogP contribution in [0.4, 0.5) is 13.2 Å². The molecule has 2 N–H and O–H groups in total. The molecule has 0 saturated heterocycles. The molecule has 0 aliphatic heterocycles. The molecular formula is C11H14ClF3N2O. The molecule has 0 bridgehead atoms. The summed E-state index contributed by atoms with van der Waals surface area (Å²) in [4.78, 5) is 11.1. The number of benzene rings is 1. The summed E-state index contributed by atoms with van der Waals surface area (Å²) in [5.41, 5.74) is -0.0646. The van der Waals surface area contributed by atoms with Gasteiger partial charge in [0.2, 0.25) is 5.91 Å². The van der Waals surface area contributed by atoms with Gasteiger partial charge in [0.25, 0.3) is 0 Å². The molecule has 1 aromatic carbocycles. The van der Waals surface area contributed by atoms with Crippen LogP contribution in [-0.4, -0.2) is 19.5 Å². The van der Waals surface area contributed by atoms with Crippen LogP contribution in [0.2, 0.25) is 0 Å². The van der Waals surface area contributed by atoms with Gasteiger partial charge in [-0.3, -0.25) is 4.79 Å². The largest absolute Gasteiger partial charge is 0.416 e. The van der Waals surface area contributed by atoms with Crippen molar-refractivity contribution in [3.63, 3.8) is 0 Å². The molecule has 0 fully saturated rings. The number of amides is 1. The third-order valence-electron chi connectivity index (χ3n) is 2.11. The molecule has 0 spiro atoms. The van der Waals surface area contributed by atoms with Crippen LogP contribution in [-0.2, 0) is 17.5 Å². The van der Waals surface area contributed by atoms with Gasteiger partial charge in [-0.25, -0.2) is 0 Å². The van der Waals surface area contributed by atoms with Gasteiger partial charge in [-0.15, -0.1) is 12.4 Å². The van der Waals surface area contributed by atoms with Crippen LogP contribution in [0.3, 0.4) is 0 Å². The average molecular weight is 283 g/mol. The highest BCUT2D eigenvalue weighted by Gasteiger charge is 2.29. The van der Waals surface area contributed by atoms with Crippen LogP contribution in [0.1, 0.15) is 11.1 Å². The predicted molar refractivity (Wildman–Crippen MR) is 64.5 cm³/mol. The topological polar surface area (TPSA) is 41.1 Å². The van der Waals surface area contributed by atoms with E-state index in [1.807, 2.05) is 0 Å². The first-order chi connectivity index (χ1) is 7.93. The summed E-state index contributed by atoms with van der Waals surface area (Å²) in [7, 11) is 1.64. The van der Waals surface area contributed by atoms with E-state index < -0.39 is 11.7 Å². The van der Waals surface area contributed by atoms with Crippen molar-refractivity contribution in [1.82, 2.24) is 10.6 Å². The fourth-order valence-corrected chi connectivity index (χ4v) is 1.24. The monoisotopic (exact) mass is 282 g/mol. The van der Waals surface area contributed by atoms with Crippen molar-refractivity contribution in [3.05, 3.63) is 35.4 Å². The summed E-state index contributed by atoms with van der Waals surface area (Å²) >= 11 is 0. The summed E-state index contributed by atoms with van der Waals surface area (Å²) in [6.45, 7) is 0.402. The van der Waals surface area contributed by atoms with Crippen molar-refractivity contribution in [2.24, 2.45) is 0 Å². The molecule has 102 valence electrons. The van der Waals surface area contributed by atoms with Gasteiger partial charge in [-0.1, -0.05) is 12.1 Å². The van der Waals surface area contributed by atoms with E-state index in [0.29, 0.717) is 5.56 Å². The minimum atomic E-state index is -4.33. The lowest BCUT2D eigenvalue weighted by Gasteiger charge is -2.08. The molecule has 0 atom stereocenters. The molecule has 1 amide bonds. The van der Waals surface area contributed by atoms with Crippen LogP contribution in [0, 0.1) is 0 Å². The van der Waals surface area contributed by atoms with E-state index in [-0.39, 0.29) is 31.4 Å². The zero-order valence-electron chi connectivity index (χ0n) is 9.67. The number of halogens is 4. The molecule has 0 heterocycles. The Bertz CT molecular complexity index is 379. The highest BCUT2D eigenvalue weighted by molar-refractivity contribution is 5.85. The summed E-state index contributed by atoms with van der Waals surface area (Å²) in [6, 6.07) is 4.70. The number of alkyl halides is 3. The molecule has 0 radical (unpaired) electrons. The van der Waals surface area contributed by atoms with Crippen molar-refractivity contribution in [2.75, 3.05) is 13.6 Å². The van der Waals surface area contributed by atoms with E-state index in [2.05, 4.69) is 10.6 Å². The number of carbonyl (C=O) groups is 1. The zero-order valence-corrected chi connectivity index (χ0v) is 10.5. The van der Waals surface area contributed by atoms with Gasteiger partial charge in [0.1, 0.15) is 0 Å². The van der Waals surface area contributed by atoms with Gasteiger partial charge in [0.15, 0.2) is 0 Å². The number of hydrogen-bond acceptors (Lipinski definition) is 2. The first kappa shape index (κ1) is 16.7. The van der Waals surface area contributed by atoms with Crippen LogP contribution < -0.4 is 10.6 Å². The number of carbonyl (C=O) groups excluding carboxylic acids is 1. The van der Waals surface area contributed by atoms with Crippen LogP contribution in [0.15, 0.2) is 24.3 Å². The Morgan fingerprint density at radius 1 is 1.22 bits per heavy atom. The maximum Gasteiger partial charge on any atom is 0.416 e. The Hall–Kier alpha value is -1.27. The molecule has 7 heteroatoms. The van der Waals surface area contributed by atoms with E-state index in [4.69, 9.17) is 0 Å². The fraction of sp³-hybridized carbons (Fsp3) is 0.364. The summed E-state index contributed by atoms with van der Waals surface area (Å²) < 4.78 is 36.8. The highest BCUT2D eigenvalue weighted by atomic mass is 35.5. The third-order valence-corrected chi connectivity index (χ3v) is 2.11. The fourth-order valence-electron chi connectivity index (χ4n) is 1.24. The highest BCUT2D eigenvalue weighted by Crippen LogP contribution is 2.28. The van der Waals surface area contributed by atoms with E-state index in [9.17, 15) is 18.0 Å². The molecule has 1 rings (SSSR count). The number of hydrogen-bond donors (Lipinski definition) is 2. The molecule has 0 aliphatic carbocycles. The minimum absolute atomic E-state index is 0. The van der Waals surface area contributed by atoms with Crippen LogP contribution in [0.5, 0.6) is 0 Å². The smallest absolute Gasteiger partial charge is 0.351 e. The van der Waals surface area contributed by atoms with Crippen molar-refractivity contribution in [2.45, 2.75) is 12.7 Å². The van der Waals surface area contributed by atoms with Crippen molar-refractivity contribution in [1.29, 1.82) is 0 Å². The minimum Gasteiger partial charge on any atom is -0.351 e. The first-order valence-corrected chi connectivity index (χ1v) is 5.01. The third kappa shape index (κ3) is 5.37. The Morgan fingerprint density at radius 3 is 2.22 bits per heavy atom. The van der Waals surface area contributed by atoms with Gasteiger partial charge in [-0.05, 0) is 24.7 Å². The second-order valence-electron chi connectivity index (χ2n) is 3.50. The summed E-state index contributed by atoms with van der Waals surface area (Å²) in [5.74, 6) is -0.201. The molecule has 18 heavy (non-hydrogen) atoms. The van der Waals surface area contributed by atoms with Crippen LogP contribution in [0.25, 0.3) is 0 Å². The predicted octanol–water partition coefficient (Wildman–Crippen LogP) is 1.96. The maximum absolute atomic E-state index is 12.3. The van der Waals surface area contributed by atoms with Gasteiger partial charge in [0, 0.05) is 6.54 Å². The van der Waals surface area contributed by atoms with Crippen molar-refractivity contribution >= 4 is 18.3 Å². The normalized spacial score (nSPS) is 10.7. The Labute approximate surface area is 109 Å². The van der Waals surface area contributed by atoms with E-state index in [0.717, 1.165) is 12.1 Å². The molecule has 0 aromatic heterocycles. The molecule has 1 aromatic rings. The lowest BCUT2D eigenvalue weighted by molar-refractivity contribution is -0.137. The lowest BCUT2D eigenvalue weighted by Crippen LogP contribution is -2.31. The summed E-state index contributed by atoms with van der Waals surface area (Å²) in [6.07, 6.45) is -4.33. The molecule has 0 unspecified atom stereocenters. The average Bonchev–Trinajstić information content (AvgIpc) is 2.26. The quantitative estimate of drug-likeness (QED) is 0.886. The number of rotatable bonds is 4. The second-order valence-corrected chi connectivity index (χ2v) is 3.50. The van der Waals surface area contributed by atoms with E-state index in [1.54, 1.807) is 7.05 Å². The van der Waals surface area contributed by atoms with E-state index in [1.165, 1.54) is 12.1 Å². The van der Waals surface area contributed by atoms with Crippen molar-refractivity contribution in [3.8, 4) is 0 Å². The number of nitrogens with one attached hydrogen (secondary N) is 2. The maximum atomic E-state index is 12.3. The SMILES string of the molecule is CNCC(=O)NCc1ccc(C(F)(F)F)cc1.Cl. The molecule has 0 saturated carbocycles. The molecule has 0 aliphatic rings. The zero-order chi connectivity index (χ0) is 12.9. The van der Waals surface area contributed by atoms with Gasteiger partial charge in [0.05, 0.1) is 12.1 Å². The van der Waals surface area contributed by atoms with Crippen molar-refractivity contribution < 1.29 is 18.0 Å². The van der Waals surface area contributed by atoms with Gasteiger partial charge < -0.3 is 10.6 Å². The Balaban J connectivity index is 0.00000289. The first-order valence-electron chi connectivity index (χ1n) is 5.01. The lowest BCUT2D eigenvalue weighted by atomic mass is 10.1. The second kappa shape index (κ2) is 7.23. The van der Waals surface area contributed by atoms with Gasteiger partial charge in [-0.2, -0.15) is 13.2 Å². The molecular weight excluding hydrogens is 269 g/mol.